The third-order valence-corrected chi connectivity index (χ3v) is 4.08. The van der Waals surface area contributed by atoms with E-state index in [9.17, 15) is 0 Å². The second kappa shape index (κ2) is 10.0. The summed E-state index contributed by atoms with van der Waals surface area (Å²) in [5.74, 6) is 2.55. The van der Waals surface area contributed by atoms with Gasteiger partial charge in [-0.1, -0.05) is 0 Å². The summed E-state index contributed by atoms with van der Waals surface area (Å²) >= 11 is 0. The van der Waals surface area contributed by atoms with Gasteiger partial charge >= 0.3 is 0 Å². The Morgan fingerprint density at radius 1 is 0.964 bits per heavy atom. The van der Waals surface area contributed by atoms with Gasteiger partial charge in [-0.25, -0.2) is 4.68 Å². The molecule has 0 saturated heterocycles. The topological polar surface area (TPSA) is 65.5 Å². The van der Waals surface area contributed by atoms with Gasteiger partial charge in [0.15, 0.2) is 5.82 Å². The summed E-state index contributed by atoms with van der Waals surface area (Å²) in [6.45, 7) is 3.63. The molecule has 0 bridgehead atoms. The second-order valence-corrected chi connectivity index (χ2v) is 6.28. The SMILES string of the molecule is CCOc1ccc(-n2nc(N(C)C)cc2-c2ccc(OCCN)cc2)cc1.Cl. The Kier molecular flexibility index (Phi) is 7.72. The molecule has 0 aliphatic rings. The van der Waals surface area contributed by atoms with Crippen molar-refractivity contribution in [1.82, 2.24) is 9.78 Å². The van der Waals surface area contributed by atoms with E-state index in [1.54, 1.807) is 0 Å². The lowest BCUT2D eigenvalue weighted by molar-refractivity contribution is 0.328. The quantitative estimate of drug-likeness (QED) is 0.621. The monoisotopic (exact) mass is 402 g/mol. The maximum Gasteiger partial charge on any atom is 0.151 e. The predicted octanol–water partition coefficient (Wildman–Crippen LogP) is 3.76. The van der Waals surface area contributed by atoms with Gasteiger partial charge in [0, 0.05) is 32.3 Å². The summed E-state index contributed by atoms with van der Waals surface area (Å²) in [6, 6.07) is 18.0. The van der Waals surface area contributed by atoms with Crippen LogP contribution in [0.3, 0.4) is 0 Å². The van der Waals surface area contributed by atoms with Crippen molar-refractivity contribution >= 4 is 18.2 Å². The molecule has 0 fully saturated rings. The van der Waals surface area contributed by atoms with Gasteiger partial charge in [-0.05, 0) is 55.5 Å². The summed E-state index contributed by atoms with van der Waals surface area (Å²) in [6.07, 6.45) is 0. The van der Waals surface area contributed by atoms with Crippen molar-refractivity contribution in [2.45, 2.75) is 6.92 Å². The minimum atomic E-state index is 0. The van der Waals surface area contributed by atoms with Crippen LogP contribution >= 0.6 is 12.4 Å². The molecule has 1 aromatic heterocycles. The predicted molar refractivity (Wildman–Crippen MR) is 116 cm³/mol. The average Bonchev–Trinajstić information content (AvgIpc) is 3.13. The highest BCUT2D eigenvalue weighted by atomic mass is 35.5. The van der Waals surface area contributed by atoms with Crippen LogP contribution in [-0.2, 0) is 0 Å². The molecule has 0 aliphatic carbocycles. The molecule has 150 valence electrons. The molecule has 0 amide bonds. The van der Waals surface area contributed by atoms with Crippen LogP contribution in [0.1, 0.15) is 6.92 Å². The van der Waals surface area contributed by atoms with Gasteiger partial charge in [0.2, 0.25) is 0 Å². The Balaban J connectivity index is 0.00000280. The van der Waals surface area contributed by atoms with E-state index < -0.39 is 0 Å². The van der Waals surface area contributed by atoms with Crippen molar-refractivity contribution in [3.8, 4) is 28.4 Å². The number of hydrogen-bond donors (Lipinski definition) is 1. The number of hydrogen-bond acceptors (Lipinski definition) is 5. The van der Waals surface area contributed by atoms with Gasteiger partial charge in [0.25, 0.3) is 0 Å². The summed E-state index contributed by atoms with van der Waals surface area (Å²) in [7, 11) is 3.97. The molecule has 28 heavy (non-hydrogen) atoms. The first-order chi connectivity index (χ1) is 13.1. The number of aromatic nitrogens is 2. The summed E-state index contributed by atoms with van der Waals surface area (Å²) in [4.78, 5) is 1.99. The number of rotatable bonds is 8. The number of benzene rings is 2. The Labute approximate surface area is 172 Å². The van der Waals surface area contributed by atoms with Gasteiger partial charge in [-0.2, -0.15) is 0 Å². The number of ether oxygens (including phenoxy) is 2. The zero-order chi connectivity index (χ0) is 19.2. The van der Waals surface area contributed by atoms with Gasteiger partial charge in [0.05, 0.1) is 18.0 Å². The third kappa shape index (κ3) is 4.97. The van der Waals surface area contributed by atoms with Crippen molar-refractivity contribution in [2.24, 2.45) is 5.73 Å². The first-order valence-corrected chi connectivity index (χ1v) is 9.06. The number of anilines is 1. The lowest BCUT2D eigenvalue weighted by atomic mass is 10.1. The standard InChI is InChI=1S/C21H26N4O2.ClH/c1-4-26-18-11-7-17(8-12-18)25-20(15-21(23-25)24(2)3)16-5-9-19(10-6-16)27-14-13-22;/h5-12,15H,4,13-14,22H2,1-3H3;1H. The maximum atomic E-state index is 5.57. The van der Waals surface area contributed by atoms with E-state index in [0.717, 1.165) is 34.3 Å². The minimum Gasteiger partial charge on any atom is -0.494 e. The van der Waals surface area contributed by atoms with Gasteiger partial charge in [-0.3, -0.25) is 0 Å². The van der Waals surface area contributed by atoms with Crippen LogP contribution in [0, 0.1) is 0 Å². The fourth-order valence-corrected chi connectivity index (χ4v) is 2.74. The van der Waals surface area contributed by atoms with Crippen LogP contribution < -0.4 is 20.1 Å². The smallest absolute Gasteiger partial charge is 0.151 e. The van der Waals surface area contributed by atoms with Gasteiger partial charge in [0.1, 0.15) is 18.1 Å². The van der Waals surface area contributed by atoms with Crippen molar-refractivity contribution in [1.29, 1.82) is 0 Å². The van der Waals surface area contributed by atoms with Crippen molar-refractivity contribution in [2.75, 3.05) is 38.8 Å². The largest absolute Gasteiger partial charge is 0.494 e. The lowest BCUT2D eigenvalue weighted by Gasteiger charge is -2.10. The molecule has 0 unspecified atom stereocenters. The summed E-state index contributed by atoms with van der Waals surface area (Å²) < 4.78 is 13.1. The first-order valence-electron chi connectivity index (χ1n) is 9.06. The number of halogens is 1. The normalized spacial score (nSPS) is 10.3. The molecule has 6 nitrogen and oxygen atoms in total. The second-order valence-electron chi connectivity index (χ2n) is 6.28. The van der Waals surface area contributed by atoms with Crippen LogP contribution in [0.4, 0.5) is 5.82 Å². The van der Waals surface area contributed by atoms with Gasteiger partial charge in [-0.15, -0.1) is 17.5 Å². The zero-order valence-electron chi connectivity index (χ0n) is 16.5. The van der Waals surface area contributed by atoms with E-state index >= 15 is 0 Å². The molecule has 0 spiro atoms. The van der Waals surface area contributed by atoms with Crippen LogP contribution in [0.15, 0.2) is 54.6 Å². The average molecular weight is 403 g/mol. The highest BCUT2D eigenvalue weighted by molar-refractivity contribution is 5.85. The molecule has 3 rings (SSSR count). The molecule has 0 aliphatic heterocycles. The van der Waals surface area contributed by atoms with E-state index in [4.69, 9.17) is 20.3 Å². The fraction of sp³-hybridized carbons (Fsp3) is 0.286. The fourth-order valence-electron chi connectivity index (χ4n) is 2.74. The van der Waals surface area contributed by atoms with Crippen LogP contribution in [0.25, 0.3) is 16.9 Å². The molecule has 0 radical (unpaired) electrons. The highest BCUT2D eigenvalue weighted by Gasteiger charge is 2.13. The summed E-state index contributed by atoms with van der Waals surface area (Å²) in [5, 5.41) is 4.76. The molecule has 0 saturated carbocycles. The number of nitrogens with two attached hydrogens (primary N) is 1. The zero-order valence-corrected chi connectivity index (χ0v) is 17.3. The lowest BCUT2D eigenvalue weighted by Crippen LogP contribution is -2.10. The highest BCUT2D eigenvalue weighted by Crippen LogP contribution is 2.29. The Morgan fingerprint density at radius 3 is 2.14 bits per heavy atom. The third-order valence-electron chi connectivity index (χ3n) is 4.08. The number of nitrogens with zero attached hydrogens (tertiary/aromatic N) is 3. The van der Waals surface area contributed by atoms with Crippen LogP contribution in [0.2, 0.25) is 0 Å². The Morgan fingerprint density at radius 2 is 1.57 bits per heavy atom. The molecule has 2 aromatic carbocycles. The van der Waals surface area contributed by atoms with Gasteiger partial charge < -0.3 is 20.1 Å². The molecule has 2 N–H and O–H groups in total. The van der Waals surface area contributed by atoms with Crippen LogP contribution in [0.5, 0.6) is 11.5 Å². The van der Waals surface area contributed by atoms with Crippen LogP contribution in [-0.4, -0.2) is 43.6 Å². The Hall–Kier alpha value is -2.70. The van der Waals surface area contributed by atoms with Crippen molar-refractivity contribution in [3.63, 3.8) is 0 Å². The molecule has 1 heterocycles. The Bertz CT molecular complexity index is 861. The van der Waals surface area contributed by atoms with Crippen molar-refractivity contribution in [3.05, 3.63) is 54.6 Å². The van der Waals surface area contributed by atoms with E-state index in [1.807, 2.05) is 79.1 Å². The maximum absolute atomic E-state index is 5.57. The molecule has 0 atom stereocenters. The summed E-state index contributed by atoms with van der Waals surface area (Å²) in [5.41, 5.74) is 8.54. The molecule has 7 heteroatoms. The molecular formula is C21H27ClN4O2. The van der Waals surface area contributed by atoms with E-state index in [-0.39, 0.29) is 12.4 Å². The van der Waals surface area contributed by atoms with E-state index in [1.165, 1.54) is 0 Å². The van der Waals surface area contributed by atoms with E-state index in [0.29, 0.717) is 19.8 Å². The van der Waals surface area contributed by atoms with E-state index in [2.05, 4.69) is 6.07 Å². The van der Waals surface area contributed by atoms with Crippen molar-refractivity contribution < 1.29 is 9.47 Å². The molecular weight excluding hydrogens is 376 g/mol. The minimum absolute atomic E-state index is 0. The molecule has 3 aromatic rings. The first kappa shape index (κ1) is 21.6.